The molecule has 0 spiro atoms. The van der Waals surface area contributed by atoms with E-state index < -0.39 is 15.8 Å². The highest BCUT2D eigenvalue weighted by molar-refractivity contribution is 7.89. The third-order valence-corrected chi connectivity index (χ3v) is 6.05. The van der Waals surface area contributed by atoms with Crippen LogP contribution in [0.5, 0.6) is 0 Å². The molecular formula is C18H19FN2O4S. The number of amides is 1. The maximum Gasteiger partial charge on any atom is 0.250 e. The molecular weight excluding hydrogens is 359 g/mol. The van der Waals surface area contributed by atoms with E-state index in [1.54, 1.807) is 12.1 Å². The van der Waals surface area contributed by atoms with Gasteiger partial charge in [0, 0.05) is 25.9 Å². The molecule has 2 aromatic carbocycles. The standard InChI is InChI=1S/C18H19FN2O4S/c1-25-12-18(22)20-16-5-2-13-8-9-21(11-14(13)10-16)26(23,24)17-6-3-15(19)4-7-17/h2-7,10H,8-9,11-12H2,1H3,(H,20,22). The van der Waals surface area contributed by atoms with Gasteiger partial charge in [0.2, 0.25) is 15.9 Å². The van der Waals surface area contributed by atoms with Crippen molar-refractivity contribution in [1.82, 2.24) is 4.31 Å². The lowest BCUT2D eigenvalue weighted by atomic mass is 10.0. The first-order valence-electron chi connectivity index (χ1n) is 8.06. The van der Waals surface area contributed by atoms with Gasteiger partial charge in [0.05, 0.1) is 4.90 Å². The largest absolute Gasteiger partial charge is 0.375 e. The Morgan fingerprint density at radius 1 is 1.19 bits per heavy atom. The normalized spacial score (nSPS) is 14.7. The number of fused-ring (bicyclic) bond motifs is 1. The van der Waals surface area contributed by atoms with Crippen LogP contribution in [0.1, 0.15) is 11.1 Å². The maximum absolute atomic E-state index is 13.1. The number of ether oxygens (including phenoxy) is 1. The van der Waals surface area contributed by atoms with Gasteiger partial charge in [-0.2, -0.15) is 4.31 Å². The molecule has 26 heavy (non-hydrogen) atoms. The van der Waals surface area contributed by atoms with Crippen LogP contribution in [0.4, 0.5) is 10.1 Å². The van der Waals surface area contributed by atoms with Crippen molar-refractivity contribution in [2.24, 2.45) is 0 Å². The summed E-state index contributed by atoms with van der Waals surface area (Å²) in [6, 6.07) is 10.2. The van der Waals surface area contributed by atoms with Gasteiger partial charge in [0.1, 0.15) is 12.4 Å². The molecule has 1 aliphatic heterocycles. The fraction of sp³-hybridized carbons (Fsp3) is 0.278. The molecule has 6 nitrogen and oxygen atoms in total. The molecule has 3 rings (SSSR count). The highest BCUT2D eigenvalue weighted by atomic mass is 32.2. The number of carbonyl (C=O) groups excluding carboxylic acids is 1. The van der Waals surface area contributed by atoms with Gasteiger partial charge in [-0.25, -0.2) is 12.8 Å². The second-order valence-corrected chi connectivity index (χ2v) is 7.95. The minimum absolute atomic E-state index is 0.0534. The molecule has 0 aromatic heterocycles. The SMILES string of the molecule is COCC(=O)Nc1ccc2c(c1)CN(S(=O)(=O)c1ccc(F)cc1)CC2. The van der Waals surface area contributed by atoms with E-state index in [2.05, 4.69) is 5.32 Å². The maximum atomic E-state index is 13.1. The Morgan fingerprint density at radius 3 is 2.62 bits per heavy atom. The second kappa shape index (κ2) is 7.53. The Hall–Kier alpha value is -2.29. The molecule has 0 bridgehead atoms. The molecule has 1 aliphatic rings. The number of methoxy groups -OCH3 is 1. The molecule has 2 aromatic rings. The first-order chi connectivity index (χ1) is 12.4. The van der Waals surface area contributed by atoms with Gasteiger partial charge >= 0.3 is 0 Å². The van der Waals surface area contributed by atoms with E-state index in [0.717, 1.165) is 23.3 Å². The second-order valence-electron chi connectivity index (χ2n) is 6.01. The molecule has 0 aliphatic carbocycles. The average molecular weight is 378 g/mol. The number of nitrogens with one attached hydrogen (secondary N) is 1. The lowest BCUT2D eigenvalue weighted by Crippen LogP contribution is -2.36. The van der Waals surface area contributed by atoms with Crippen molar-refractivity contribution in [1.29, 1.82) is 0 Å². The van der Waals surface area contributed by atoms with Gasteiger partial charge in [-0.1, -0.05) is 6.07 Å². The zero-order valence-electron chi connectivity index (χ0n) is 14.2. The van der Waals surface area contributed by atoms with Crippen molar-refractivity contribution >= 4 is 21.6 Å². The van der Waals surface area contributed by atoms with Crippen molar-refractivity contribution in [3.8, 4) is 0 Å². The Morgan fingerprint density at radius 2 is 1.92 bits per heavy atom. The van der Waals surface area contributed by atoms with Crippen LogP contribution in [-0.4, -0.2) is 38.9 Å². The fourth-order valence-corrected chi connectivity index (χ4v) is 4.32. The predicted molar refractivity (Wildman–Crippen MR) is 94.6 cm³/mol. The zero-order chi connectivity index (χ0) is 18.7. The van der Waals surface area contributed by atoms with E-state index >= 15 is 0 Å². The Kier molecular flexibility index (Phi) is 5.36. The number of anilines is 1. The molecule has 8 heteroatoms. The third kappa shape index (κ3) is 3.92. The van der Waals surface area contributed by atoms with E-state index in [0.29, 0.717) is 18.7 Å². The van der Waals surface area contributed by atoms with Gasteiger partial charge in [-0.05, 0) is 53.9 Å². The summed E-state index contributed by atoms with van der Waals surface area (Å²) in [7, 11) is -2.27. The molecule has 138 valence electrons. The summed E-state index contributed by atoms with van der Waals surface area (Å²) in [5, 5.41) is 2.71. The van der Waals surface area contributed by atoms with E-state index in [-0.39, 0.29) is 24.0 Å². The number of nitrogens with zero attached hydrogens (tertiary/aromatic N) is 1. The van der Waals surface area contributed by atoms with Gasteiger partial charge in [0.15, 0.2) is 0 Å². The van der Waals surface area contributed by atoms with E-state index in [1.807, 2.05) is 6.07 Å². The number of sulfonamides is 1. The highest BCUT2D eigenvalue weighted by Crippen LogP contribution is 2.27. The molecule has 1 amide bonds. The Bertz CT molecular complexity index is 913. The van der Waals surface area contributed by atoms with Crippen LogP contribution in [0, 0.1) is 5.82 Å². The number of hydrogen-bond donors (Lipinski definition) is 1. The highest BCUT2D eigenvalue weighted by Gasteiger charge is 2.28. The zero-order valence-corrected chi connectivity index (χ0v) is 15.1. The number of benzene rings is 2. The van der Waals surface area contributed by atoms with Crippen LogP contribution in [-0.2, 0) is 32.5 Å². The van der Waals surface area contributed by atoms with Gasteiger partial charge in [-0.15, -0.1) is 0 Å². The third-order valence-electron chi connectivity index (χ3n) is 4.19. The number of halogens is 1. The topological polar surface area (TPSA) is 75.7 Å². The van der Waals surface area contributed by atoms with Crippen molar-refractivity contribution in [2.45, 2.75) is 17.9 Å². The Balaban J connectivity index is 1.81. The van der Waals surface area contributed by atoms with Crippen molar-refractivity contribution < 1.29 is 22.3 Å². The summed E-state index contributed by atoms with van der Waals surface area (Å²) < 4.78 is 44.8. The van der Waals surface area contributed by atoms with Crippen molar-refractivity contribution in [3.05, 3.63) is 59.4 Å². The summed E-state index contributed by atoms with van der Waals surface area (Å²) in [6.07, 6.45) is 0.571. The Labute approximate surface area is 151 Å². The summed E-state index contributed by atoms with van der Waals surface area (Å²) in [5.74, 6) is -0.761. The van der Waals surface area contributed by atoms with Crippen molar-refractivity contribution in [3.63, 3.8) is 0 Å². The molecule has 1 N–H and O–H groups in total. The minimum atomic E-state index is -3.71. The minimum Gasteiger partial charge on any atom is -0.375 e. The summed E-state index contributed by atoms with van der Waals surface area (Å²) in [5.41, 5.74) is 2.46. The number of hydrogen-bond acceptors (Lipinski definition) is 4. The van der Waals surface area contributed by atoms with Crippen LogP contribution in [0.2, 0.25) is 0 Å². The van der Waals surface area contributed by atoms with E-state index in [9.17, 15) is 17.6 Å². The predicted octanol–water partition coefficient (Wildman–Crippen LogP) is 2.16. The van der Waals surface area contributed by atoms with Gasteiger partial charge in [0.25, 0.3) is 0 Å². The molecule has 0 saturated heterocycles. The molecule has 0 unspecified atom stereocenters. The molecule has 0 radical (unpaired) electrons. The van der Waals surface area contributed by atoms with Crippen LogP contribution in [0.25, 0.3) is 0 Å². The summed E-state index contributed by atoms with van der Waals surface area (Å²) >= 11 is 0. The molecule has 0 atom stereocenters. The lowest BCUT2D eigenvalue weighted by Gasteiger charge is -2.28. The quantitative estimate of drug-likeness (QED) is 0.865. The van der Waals surface area contributed by atoms with Crippen LogP contribution in [0.15, 0.2) is 47.4 Å². The van der Waals surface area contributed by atoms with Gasteiger partial charge < -0.3 is 10.1 Å². The molecule has 0 saturated carbocycles. The monoisotopic (exact) mass is 378 g/mol. The van der Waals surface area contributed by atoms with Gasteiger partial charge in [-0.3, -0.25) is 4.79 Å². The first-order valence-corrected chi connectivity index (χ1v) is 9.50. The fourth-order valence-electron chi connectivity index (χ4n) is 2.90. The smallest absolute Gasteiger partial charge is 0.250 e. The van der Waals surface area contributed by atoms with Crippen molar-refractivity contribution in [2.75, 3.05) is 25.6 Å². The lowest BCUT2D eigenvalue weighted by molar-refractivity contribution is -0.119. The average Bonchev–Trinajstić information content (AvgIpc) is 2.61. The van der Waals surface area contributed by atoms with E-state index in [1.165, 1.54) is 23.5 Å². The van der Waals surface area contributed by atoms with Crippen LogP contribution >= 0.6 is 0 Å². The number of carbonyl (C=O) groups is 1. The molecule has 1 heterocycles. The van der Waals surface area contributed by atoms with Crippen LogP contribution < -0.4 is 5.32 Å². The van der Waals surface area contributed by atoms with E-state index in [4.69, 9.17) is 4.74 Å². The first kappa shape index (κ1) is 18.5. The molecule has 0 fully saturated rings. The van der Waals surface area contributed by atoms with Crippen LogP contribution in [0.3, 0.4) is 0 Å². The summed E-state index contributed by atoms with van der Waals surface area (Å²) in [6.45, 7) is 0.493. The number of rotatable bonds is 5. The summed E-state index contributed by atoms with van der Waals surface area (Å²) in [4.78, 5) is 11.7.